The van der Waals surface area contributed by atoms with Crippen LogP contribution in [0.25, 0.3) is 0 Å². The second kappa shape index (κ2) is 4.46. The minimum Gasteiger partial charge on any atom is -0.454 e. The lowest BCUT2D eigenvalue weighted by Crippen LogP contribution is -1.92. The van der Waals surface area contributed by atoms with Crippen molar-refractivity contribution >= 4 is 11.9 Å². The zero-order valence-electron chi connectivity index (χ0n) is 10.2. The topological polar surface area (TPSA) is 21.6 Å². The van der Waals surface area contributed by atoms with Crippen LogP contribution in [-0.4, -0.2) is 6.21 Å². The molecular formula is C15H11F2NO. The summed E-state index contributed by atoms with van der Waals surface area (Å²) in [5, 5.41) is 0. The van der Waals surface area contributed by atoms with Gasteiger partial charge >= 0.3 is 0 Å². The van der Waals surface area contributed by atoms with E-state index >= 15 is 0 Å². The molecule has 96 valence electrons. The molecule has 0 radical (unpaired) electrons. The lowest BCUT2D eigenvalue weighted by Gasteiger charge is -2.10. The van der Waals surface area contributed by atoms with Crippen molar-refractivity contribution in [1.82, 2.24) is 0 Å². The fourth-order valence-electron chi connectivity index (χ4n) is 1.95. The van der Waals surface area contributed by atoms with Crippen LogP contribution in [0, 0.1) is 6.92 Å². The predicted molar refractivity (Wildman–Crippen MR) is 69.9 cm³/mol. The Morgan fingerprint density at radius 1 is 1.05 bits per heavy atom. The molecule has 1 aliphatic heterocycles. The van der Waals surface area contributed by atoms with E-state index in [-0.39, 0.29) is 5.56 Å². The Kier molecular flexibility index (Phi) is 2.78. The van der Waals surface area contributed by atoms with Crippen molar-refractivity contribution in [2.24, 2.45) is 4.99 Å². The second-order valence-corrected chi connectivity index (χ2v) is 4.43. The van der Waals surface area contributed by atoms with Crippen molar-refractivity contribution in [3.63, 3.8) is 0 Å². The Bertz CT molecular complexity index is 665. The molecule has 0 aliphatic carbocycles. The summed E-state index contributed by atoms with van der Waals surface area (Å²) < 4.78 is 31.1. The molecule has 2 aromatic carbocycles. The molecule has 0 spiro atoms. The number of fused-ring (bicyclic) bond motifs is 2. The molecular weight excluding hydrogens is 248 g/mol. The van der Waals surface area contributed by atoms with Crippen molar-refractivity contribution in [3.05, 3.63) is 53.1 Å². The lowest BCUT2D eigenvalue weighted by molar-refractivity contribution is 0.151. The number of alkyl halides is 2. The number of benzene rings is 2. The first kappa shape index (κ1) is 11.8. The molecule has 0 fully saturated rings. The first-order valence-electron chi connectivity index (χ1n) is 5.88. The van der Waals surface area contributed by atoms with Gasteiger partial charge in [-0.1, -0.05) is 12.1 Å². The zero-order chi connectivity index (χ0) is 13.4. The minimum absolute atomic E-state index is 0.0525. The van der Waals surface area contributed by atoms with Gasteiger partial charge in [0, 0.05) is 17.3 Å². The van der Waals surface area contributed by atoms with Crippen molar-refractivity contribution in [2.75, 3.05) is 0 Å². The van der Waals surface area contributed by atoms with E-state index in [1.165, 1.54) is 12.1 Å². The smallest absolute Gasteiger partial charge is 0.263 e. The molecule has 0 aromatic heterocycles. The SMILES string of the molecule is Cc1ccc2c(c1)Oc1cc(C(F)F)ccc1C=N2. The first-order valence-corrected chi connectivity index (χ1v) is 5.88. The molecule has 2 aromatic rings. The van der Waals surface area contributed by atoms with E-state index in [0.29, 0.717) is 22.7 Å². The maximum Gasteiger partial charge on any atom is 0.263 e. The third-order valence-corrected chi connectivity index (χ3v) is 2.97. The highest BCUT2D eigenvalue weighted by molar-refractivity contribution is 5.87. The quantitative estimate of drug-likeness (QED) is 0.615. The highest BCUT2D eigenvalue weighted by Crippen LogP contribution is 2.37. The van der Waals surface area contributed by atoms with Gasteiger partial charge in [-0.15, -0.1) is 0 Å². The maximum absolute atomic E-state index is 12.7. The number of aliphatic imine (C=N–C) groups is 1. The van der Waals surface area contributed by atoms with Gasteiger partial charge in [0.15, 0.2) is 5.75 Å². The van der Waals surface area contributed by atoms with Crippen LogP contribution in [0.1, 0.15) is 23.1 Å². The molecule has 4 heteroatoms. The molecule has 0 unspecified atom stereocenters. The van der Waals surface area contributed by atoms with E-state index in [1.54, 1.807) is 12.3 Å². The van der Waals surface area contributed by atoms with Crippen LogP contribution in [0.4, 0.5) is 14.5 Å². The first-order chi connectivity index (χ1) is 9.13. The zero-order valence-corrected chi connectivity index (χ0v) is 10.2. The van der Waals surface area contributed by atoms with Crippen molar-refractivity contribution < 1.29 is 13.5 Å². The highest BCUT2D eigenvalue weighted by Gasteiger charge is 2.15. The van der Waals surface area contributed by atoms with Crippen molar-refractivity contribution in [2.45, 2.75) is 13.3 Å². The Morgan fingerprint density at radius 3 is 2.68 bits per heavy atom. The molecule has 0 atom stereocenters. The van der Waals surface area contributed by atoms with E-state index < -0.39 is 6.43 Å². The number of rotatable bonds is 1. The average molecular weight is 259 g/mol. The fourth-order valence-corrected chi connectivity index (χ4v) is 1.95. The number of nitrogens with zero attached hydrogens (tertiary/aromatic N) is 1. The summed E-state index contributed by atoms with van der Waals surface area (Å²) in [5.41, 5.74) is 2.37. The van der Waals surface area contributed by atoms with Crippen LogP contribution in [0.2, 0.25) is 0 Å². The Balaban J connectivity index is 2.10. The molecule has 0 amide bonds. The third-order valence-electron chi connectivity index (χ3n) is 2.97. The third kappa shape index (κ3) is 2.21. The van der Waals surface area contributed by atoms with Gasteiger partial charge in [-0.2, -0.15) is 0 Å². The lowest BCUT2D eigenvalue weighted by atomic mass is 10.1. The summed E-state index contributed by atoms with van der Waals surface area (Å²) in [6.45, 7) is 1.94. The summed E-state index contributed by atoms with van der Waals surface area (Å²) in [6, 6.07) is 9.97. The van der Waals surface area contributed by atoms with Gasteiger partial charge in [-0.3, -0.25) is 4.99 Å². The summed E-state index contributed by atoms with van der Waals surface area (Å²) in [7, 11) is 0. The average Bonchev–Trinajstić information content (AvgIpc) is 2.56. The van der Waals surface area contributed by atoms with E-state index in [2.05, 4.69) is 4.99 Å². The van der Waals surface area contributed by atoms with Gasteiger partial charge < -0.3 is 4.74 Å². The Labute approximate surface area is 109 Å². The Morgan fingerprint density at radius 2 is 1.89 bits per heavy atom. The summed E-state index contributed by atoms with van der Waals surface area (Å²) in [5.74, 6) is 0.993. The number of hydrogen-bond acceptors (Lipinski definition) is 2. The molecule has 0 saturated heterocycles. The van der Waals surface area contributed by atoms with E-state index in [1.807, 2.05) is 25.1 Å². The van der Waals surface area contributed by atoms with Gasteiger partial charge in [0.25, 0.3) is 6.43 Å². The molecule has 0 saturated carbocycles. The van der Waals surface area contributed by atoms with Crippen LogP contribution in [0.5, 0.6) is 11.5 Å². The second-order valence-electron chi connectivity index (χ2n) is 4.43. The van der Waals surface area contributed by atoms with Crippen LogP contribution in [0.3, 0.4) is 0 Å². The van der Waals surface area contributed by atoms with Crippen LogP contribution < -0.4 is 4.74 Å². The molecule has 2 nitrogen and oxygen atoms in total. The fraction of sp³-hybridized carbons (Fsp3) is 0.133. The van der Waals surface area contributed by atoms with Gasteiger partial charge in [0.1, 0.15) is 11.4 Å². The highest BCUT2D eigenvalue weighted by atomic mass is 19.3. The van der Waals surface area contributed by atoms with Crippen LogP contribution >= 0.6 is 0 Å². The molecule has 0 bridgehead atoms. The molecule has 1 heterocycles. The minimum atomic E-state index is -2.51. The van der Waals surface area contributed by atoms with E-state index in [0.717, 1.165) is 5.56 Å². The number of hydrogen-bond donors (Lipinski definition) is 0. The molecule has 3 rings (SSSR count). The summed E-state index contributed by atoms with van der Waals surface area (Å²) in [4.78, 5) is 4.31. The van der Waals surface area contributed by atoms with Gasteiger partial charge in [0.2, 0.25) is 0 Å². The Hall–Kier alpha value is -2.23. The monoisotopic (exact) mass is 259 g/mol. The van der Waals surface area contributed by atoms with E-state index in [9.17, 15) is 8.78 Å². The maximum atomic E-state index is 12.7. The summed E-state index contributed by atoms with van der Waals surface area (Å²) in [6.07, 6.45) is -0.878. The van der Waals surface area contributed by atoms with Gasteiger partial charge in [0.05, 0.1) is 0 Å². The molecule has 0 N–H and O–H groups in total. The summed E-state index contributed by atoms with van der Waals surface area (Å²) >= 11 is 0. The van der Waals surface area contributed by atoms with Crippen LogP contribution in [0.15, 0.2) is 41.4 Å². The van der Waals surface area contributed by atoms with Crippen molar-refractivity contribution in [1.29, 1.82) is 0 Å². The predicted octanol–water partition coefficient (Wildman–Crippen LogP) is 4.79. The number of halogens is 2. The normalized spacial score (nSPS) is 12.6. The molecule has 1 aliphatic rings. The van der Waals surface area contributed by atoms with E-state index in [4.69, 9.17) is 4.74 Å². The van der Waals surface area contributed by atoms with Crippen LogP contribution in [-0.2, 0) is 0 Å². The standard InChI is InChI=1S/C15H11F2NO/c1-9-2-5-12-14(6-9)19-13-7-10(15(16)17)3-4-11(13)8-18-12/h2-8,15H,1H3. The van der Waals surface area contributed by atoms with Crippen molar-refractivity contribution in [3.8, 4) is 11.5 Å². The molecule has 19 heavy (non-hydrogen) atoms. The van der Waals surface area contributed by atoms with Gasteiger partial charge in [-0.05, 0) is 36.8 Å². The number of ether oxygens (including phenoxy) is 1. The largest absolute Gasteiger partial charge is 0.454 e. The number of aryl methyl sites for hydroxylation is 1. The van der Waals surface area contributed by atoms with Gasteiger partial charge in [-0.25, -0.2) is 8.78 Å².